The molecule has 21 heavy (non-hydrogen) atoms. The standard InChI is InChI=1S/C14H20F3NO3/c1-19-6-7-20-8-9-21-10-13(18)11-2-4-12(5-3-11)14(15,16)17/h2-5,13H,6-10,18H2,1H3. The Kier molecular flexibility index (Phi) is 7.66. The molecule has 0 saturated carbocycles. The van der Waals surface area contributed by atoms with Gasteiger partial charge in [0, 0.05) is 7.11 Å². The molecule has 120 valence electrons. The smallest absolute Gasteiger partial charge is 0.382 e. The van der Waals surface area contributed by atoms with Crippen molar-refractivity contribution in [1.82, 2.24) is 0 Å². The molecule has 0 saturated heterocycles. The first kappa shape index (κ1) is 17.9. The molecule has 1 aromatic rings. The summed E-state index contributed by atoms with van der Waals surface area (Å²) in [5.74, 6) is 0. The van der Waals surface area contributed by atoms with E-state index in [0.717, 1.165) is 12.1 Å². The van der Waals surface area contributed by atoms with E-state index in [1.54, 1.807) is 7.11 Å². The maximum Gasteiger partial charge on any atom is 0.416 e. The average Bonchev–Trinajstić information content (AvgIpc) is 2.45. The van der Waals surface area contributed by atoms with Crippen LogP contribution in [0.3, 0.4) is 0 Å². The van der Waals surface area contributed by atoms with E-state index in [4.69, 9.17) is 19.9 Å². The van der Waals surface area contributed by atoms with Crippen LogP contribution in [0.5, 0.6) is 0 Å². The van der Waals surface area contributed by atoms with Gasteiger partial charge < -0.3 is 19.9 Å². The topological polar surface area (TPSA) is 53.7 Å². The van der Waals surface area contributed by atoms with Crippen LogP contribution in [0.2, 0.25) is 0 Å². The number of hydrogen-bond acceptors (Lipinski definition) is 4. The highest BCUT2D eigenvalue weighted by Crippen LogP contribution is 2.29. The van der Waals surface area contributed by atoms with Crippen molar-refractivity contribution in [1.29, 1.82) is 0 Å². The predicted molar refractivity (Wildman–Crippen MR) is 71.9 cm³/mol. The minimum absolute atomic E-state index is 0.221. The minimum atomic E-state index is -4.33. The van der Waals surface area contributed by atoms with Gasteiger partial charge in [-0.15, -0.1) is 0 Å². The van der Waals surface area contributed by atoms with Crippen molar-refractivity contribution >= 4 is 0 Å². The van der Waals surface area contributed by atoms with E-state index >= 15 is 0 Å². The average molecular weight is 307 g/mol. The fourth-order valence-corrected chi connectivity index (χ4v) is 1.59. The summed E-state index contributed by atoms with van der Waals surface area (Å²) in [6.45, 7) is 2.02. The zero-order valence-corrected chi connectivity index (χ0v) is 11.9. The maximum atomic E-state index is 12.4. The summed E-state index contributed by atoms with van der Waals surface area (Å²) in [6, 6.07) is 4.30. The van der Waals surface area contributed by atoms with Gasteiger partial charge in [0.15, 0.2) is 0 Å². The lowest BCUT2D eigenvalue weighted by molar-refractivity contribution is -0.137. The number of methoxy groups -OCH3 is 1. The summed E-state index contributed by atoms with van der Waals surface area (Å²) in [5, 5.41) is 0. The Morgan fingerprint density at radius 2 is 1.57 bits per heavy atom. The molecule has 0 heterocycles. The van der Waals surface area contributed by atoms with Gasteiger partial charge in [-0.1, -0.05) is 12.1 Å². The van der Waals surface area contributed by atoms with Crippen LogP contribution >= 0.6 is 0 Å². The summed E-state index contributed by atoms with van der Waals surface area (Å²) < 4.78 is 52.6. The van der Waals surface area contributed by atoms with Gasteiger partial charge in [-0.2, -0.15) is 13.2 Å². The predicted octanol–water partition coefficient (Wildman–Crippen LogP) is 2.38. The van der Waals surface area contributed by atoms with Crippen LogP contribution in [-0.4, -0.2) is 40.1 Å². The van der Waals surface area contributed by atoms with Crippen LogP contribution in [-0.2, 0) is 20.4 Å². The third-order valence-corrected chi connectivity index (χ3v) is 2.77. The van der Waals surface area contributed by atoms with Crippen LogP contribution in [0.1, 0.15) is 17.2 Å². The van der Waals surface area contributed by atoms with Gasteiger partial charge in [-0.3, -0.25) is 0 Å². The third kappa shape index (κ3) is 6.90. The van der Waals surface area contributed by atoms with Crippen molar-refractivity contribution < 1.29 is 27.4 Å². The second-order valence-electron chi connectivity index (χ2n) is 4.41. The quantitative estimate of drug-likeness (QED) is 0.712. The molecule has 1 aromatic carbocycles. The molecule has 0 radical (unpaired) electrons. The Balaban J connectivity index is 2.27. The van der Waals surface area contributed by atoms with Gasteiger partial charge in [0.05, 0.1) is 44.6 Å². The number of benzene rings is 1. The van der Waals surface area contributed by atoms with E-state index in [0.29, 0.717) is 32.0 Å². The summed E-state index contributed by atoms with van der Waals surface area (Å²) in [6.07, 6.45) is -4.33. The first-order valence-corrected chi connectivity index (χ1v) is 6.52. The highest BCUT2D eigenvalue weighted by atomic mass is 19.4. The summed E-state index contributed by atoms with van der Waals surface area (Å²) in [5.41, 5.74) is 5.76. The molecule has 1 unspecified atom stereocenters. The zero-order chi connectivity index (χ0) is 15.7. The third-order valence-electron chi connectivity index (χ3n) is 2.77. The number of nitrogens with two attached hydrogens (primary N) is 1. The van der Waals surface area contributed by atoms with Gasteiger partial charge in [0.1, 0.15) is 0 Å². The Labute approximate surface area is 122 Å². The Morgan fingerprint density at radius 1 is 1.00 bits per heavy atom. The van der Waals surface area contributed by atoms with E-state index in [9.17, 15) is 13.2 Å². The van der Waals surface area contributed by atoms with E-state index in [2.05, 4.69) is 0 Å². The van der Waals surface area contributed by atoms with Gasteiger partial charge >= 0.3 is 6.18 Å². The number of rotatable bonds is 9. The van der Waals surface area contributed by atoms with Crippen molar-refractivity contribution in [3.05, 3.63) is 35.4 Å². The Hall–Kier alpha value is -1.15. The molecule has 0 aliphatic carbocycles. The van der Waals surface area contributed by atoms with Crippen LogP contribution in [0.25, 0.3) is 0 Å². The Bertz CT molecular complexity index is 395. The van der Waals surface area contributed by atoms with Gasteiger partial charge in [-0.05, 0) is 17.7 Å². The molecule has 0 spiro atoms. The molecule has 0 aliphatic heterocycles. The van der Waals surface area contributed by atoms with Crippen LogP contribution < -0.4 is 5.73 Å². The molecule has 2 N–H and O–H groups in total. The molecule has 0 aliphatic rings. The monoisotopic (exact) mass is 307 g/mol. The second-order valence-corrected chi connectivity index (χ2v) is 4.41. The van der Waals surface area contributed by atoms with Crippen molar-refractivity contribution in [3.8, 4) is 0 Å². The first-order valence-electron chi connectivity index (χ1n) is 6.52. The molecule has 0 amide bonds. The van der Waals surface area contributed by atoms with E-state index in [1.165, 1.54) is 12.1 Å². The highest BCUT2D eigenvalue weighted by Gasteiger charge is 2.30. The zero-order valence-electron chi connectivity index (χ0n) is 11.9. The summed E-state index contributed by atoms with van der Waals surface area (Å²) in [7, 11) is 1.59. The van der Waals surface area contributed by atoms with E-state index in [1.807, 2.05) is 0 Å². The van der Waals surface area contributed by atoms with Crippen molar-refractivity contribution in [3.63, 3.8) is 0 Å². The normalized spacial score (nSPS) is 13.4. The van der Waals surface area contributed by atoms with Gasteiger partial charge in [0.25, 0.3) is 0 Å². The Morgan fingerprint density at radius 3 is 2.14 bits per heavy atom. The number of halogens is 3. The fraction of sp³-hybridized carbons (Fsp3) is 0.571. The number of hydrogen-bond donors (Lipinski definition) is 1. The molecule has 0 aromatic heterocycles. The van der Waals surface area contributed by atoms with E-state index in [-0.39, 0.29) is 6.61 Å². The molecular formula is C14H20F3NO3. The molecule has 0 fully saturated rings. The lowest BCUT2D eigenvalue weighted by Crippen LogP contribution is -2.19. The van der Waals surface area contributed by atoms with Crippen molar-refractivity contribution in [2.45, 2.75) is 12.2 Å². The lowest BCUT2D eigenvalue weighted by atomic mass is 10.1. The lowest BCUT2D eigenvalue weighted by Gasteiger charge is -2.14. The molecular weight excluding hydrogens is 287 g/mol. The highest BCUT2D eigenvalue weighted by molar-refractivity contribution is 5.26. The maximum absolute atomic E-state index is 12.4. The van der Waals surface area contributed by atoms with Crippen LogP contribution in [0.4, 0.5) is 13.2 Å². The molecule has 4 nitrogen and oxygen atoms in total. The molecule has 0 bridgehead atoms. The summed E-state index contributed by atoms with van der Waals surface area (Å²) in [4.78, 5) is 0. The van der Waals surface area contributed by atoms with E-state index < -0.39 is 17.8 Å². The molecule has 1 rings (SSSR count). The van der Waals surface area contributed by atoms with Crippen LogP contribution in [0, 0.1) is 0 Å². The summed E-state index contributed by atoms with van der Waals surface area (Å²) >= 11 is 0. The second kappa shape index (κ2) is 8.99. The van der Waals surface area contributed by atoms with Gasteiger partial charge in [-0.25, -0.2) is 0 Å². The first-order chi connectivity index (χ1) is 9.95. The number of alkyl halides is 3. The molecule has 1 atom stereocenters. The number of ether oxygens (including phenoxy) is 3. The minimum Gasteiger partial charge on any atom is -0.382 e. The SMILES string of the molecule is COCCOCCOCC(N)c1ccc(C(F)(F)F)cc1. The van der Waals surface area contributed by atoms with Crippen LogP contribution in [0.15, 0.2) is 24.3 Å². The van der Waals surface area contributed by atoms with Crippen molar-refractivity contribution in [2.75, 3.05) is 40.1 Å². The fourth-order valence-electron chi connectivity index (χ4n) is 1.59. The van der Waals surface area contributed by atoms with Gasteiger partial charge in [0.2, 0.25) is 0 Å². The largest absolute Gasteiger partial charge is 0.416 e. The van der Waals surface area contributed by atoms with Crippen molar-refractivity contribution in [2.24, 2.45) is 5.73 Å². The molecule has 7 heteroatoms.